The van der Waals surface area contributed by atoms with Gasteiger partial charge in [0.05, 0.1) is 7.11 Å². The van der Waals surface area contributed by atoms with E-state index in [2.05, 4.69) is 4.74 Å². The molecule has 3 N–H and O–H groups in total. The standard InChI is InChI=1S/C6H6.C5H10N2O2.C3H3F3O2/c1-2-4-6-5-3-1;6-4-1-2-7(3-4)5(8)9;1-8-2(7)3(4,5)6/h1-6H;4H,1-3,6H2,(H,8,9);1H3. The van der Waals surface area contributed by atoms with Crippen LogP contribution in [0.2, 0.25) is 0 Å². The van der Waals surface area contributed by atoms with E-state index in [1.165, 1.54) is 4.90 Å². The normalized spacial score (nSPS) is 16.4. The van der Waals surface area contributed by atoms with Crippen molar-refractivity contribution in [2.45, 2.75) is 18.6 Å². The Balaban J connectivity index is 0.000000322. The zero-order valence-corrected chi connectivity index (χ0v) is 12.5. The van der Waals surface area contributed by atoms with Gasteiger partial charge in [-0.15, -0.1) is 0 Å². The molecule has 0 aromatic heterocycles. The van der Waals surface area contributed by atoms with Crippen LogP contribution in [0.15, 0.2) is 36.4 Å². The van der Waals surface area contributed by atoms with E-state index in [-0.39, 0.29) is 6.04 Å². The van der Waals surface area contributed by atoms with E-state index in [0.29, 0.717) is 20.2 Å². The Labute approximate surface area is 131 Å². The molecular weight excluding hydrogens is 317 g/mol. The average Bonchev–Trinajstić information content (AvgIpc) is 2.95. The van der Waals surface area contributed by atoms with E-state index in [0.717, 1.165) is 6.42 Å². The Morgan fingerprint density at radius 2 is 1.61 bits per heavy atom. The number of likely N-dealkylation sites (tertiary alicyclic amines) is 1. The fraction of sp³-hybridized carbons (Fsp3) is 0.429. The second-order valence-electron chi connectivity index (χ2n) is 4.42. The van der Waals surface area contributed by atoms with Gasteiger partial charge in [-0.2, -0.15) is 13.2 Å². The summed E-state index contributed by atoms with van der Waals surface area (Å²) in [6.45, 7) is 1.09. The van der Waals surface area contributed by atoms with Crippen molar-refractivity contribution in [3.63, 3.8) is 0 Å². The second-order valence-corrected chi connectivity index (χ2v) is 4.42. The molecule has 1 aliphatic rings. The van der Waals surface area contributed by atoms with Crippen LogP contribution < -0.4 is 5.73 Å². The zero-order chi connectivity index (χ0) is 17.9. The highest BCUT2D eigenvalue weighted by Gasteiger charge is 2.40. The maximum Gasteiger partial charge on any atom is 0.490 e. The van der Waals surface area contributed by atoms with Gasteiger partial charge in [-0.3, -0.25) is 0 Å². The fourth-order valence-electron chi connectivity index (χ4n) is 1.46. The minimum absolute atomic E-state index is 0.0566. The number of hydrogen-bond donors (Lipinski definition) is 2. The Kier molecular flexibility index (Phi) is 9.40. The second kappa shape index (κ2) is 10.4. The van der Waals surface area contributed by atoms with Gasteiger partial charge in [-0.25, -0.2) is 9.59 Å². The SMILES string of the molecule is COC(=O)C(F)(F)F.NC1CCN(C(=O)O)C1.c1ccccc1. The molecule has 1 amide bonds. The number of amides is 1. The largest absolute Gasteiger partial charge is 0.490 e. The summed E-state index contributed by atoms with van der Waals surface area (Å²) in [5, 5.41) is 8.40. The van der Waals surface area contributed by atoms with Gasteiger partial charge in [0.15, 0.2) is 0 Å². The van der Waals surface area contributed by atoms with Gasteiger partial charge in [0.25, 0.3) is 0 Å². The topological polar surface area (TPSA) is 92.9 Å². The van der Waals surface area contributed by atoms with Crippen LogP contribution in [-0.2, 0) is 9.53 Å². The van der Waals surface area contributed by atoms with Crippen LogP contribution >= 0.6 is 0 Å². The number of methoxy groups -OCH3 is 1. The molecular formula is C14H19F3N2O4. The molecule has 0 saturated carbocycles. The van der Waals surface area contributed by atoms with E-state index in [1.54, 1.807) is 0 Å². The van der Waals surface area contributed by atoms with Crippen LogP contribution in [0.25, 0.3) is 0 Å². The van der Waals surface area contributed by atoms with Crippen LogP contribution in [0.3, 0.4) is 0 Å². The first-order chi connectivity index (χ1) is 10.7. The maximum absolute atomic E-state index is 11.0. The number of alkyl halides is 3. The molecule has 1 heterocycles. The van der Waals surface area contributed by atoms with Crippen molar-refractivity contribution >= 4 is 12.1 Å². The molecule has 1 aromatic carbocycles. The lowest BCUT2D eigenvalue weighted by atomic mass is 10.3. The molecule has 6 nitrogen and oxygen atoms in total. The minimum Gasteiger partial charge on any atom is -0.465 e. The summed E-state index contributed by atoms with van der Waals surface area (Å²) in [7, 11) is 0.676. The smallest absolute Gasteiger partial charge is 0.465 e. The number of hydrogen-bond acceptors (Lipinski definition) is 4. The van der Waals surface area contributed by atoms with Crippen molar-refractivity contribution in [2.75, 3.05) is 20.2 Å². The highest BCUT2D eigenvalue weighted by molar-refractivity contribution is 5.75. The van der Waals surface area contributed by atoms with E-state index < -0.39 is 18.2 Å². The van der Waals surface area contributed by atoms with Crippen LogP contribution in [0.4, 0.5) is 18.0 Å². The van der Waals surface area contributed by atoms with Gasteiger partial charge < -0.3 is 20.5 Å². The average molecular weight is 336 g/mol. The third-order valence-corrected chi connectivity index (χ3v) is 2.58. The van der Waals surface area contributed by atoms with Crippen LogP contribution in [-0.4, -0.2) is 54.5 Å². The van der Waals surface area contributed by atoms with Crippen molar-refractivity contribution < 1.29 is 32.6 Å². The molecule has 130 valence electrons. The molecule has 1 unspecified atom stereocenters. The quantitative estimate of drug-likeness (QED) is 0.708. The van der Waals surface area contributed by atoms with Gasteiger partial charge in [0.1, 0.15) is 0 Å². The van der Waals surface area contributed by atoms with E-state index in [9.17, 15) is 22.8 Å². The van der Waals surface area contributed by atoms with E-state index in [4.69, 9.17) is 10.8 Å². The molecule has 23 heavy (non-hydrogen) atoms. The molecule has 0 spiro atoms. The number of carbonyl (C=O) groups excluding carboxylic acids is 1. The van der Waals surface area contributed by atoms with Gasteiger partial charge in [0.2, 0.25) is 0 Å². The molecule has 9 heteroatoms. The number of rotatable bonds is 0. The molecule has 1 aliphatic heterocycles. The molecule has 0 radical (unpaired) electrons. The van der Waals surface area contributed by atoms with Crippen molar-refractivity contribution in [3.05, 3.63) is 36.4 Å². The van der Waals surface area contributed by atoms with Gasteiger partial charge in [-0.1, -0.05) is 36.4 Å². The van der Waals surface area contributed by atoms with Crippen LogP contribution in [0, 0.1) is 0 Å². The third-order valence-electron chi connectivity index (χ3n) is 2.58. The van der Waals surface area contributed by atoms with Gasteiger partial charge in [-0.05, 0) is 6.42 Å². The number of carbonyl (C=O) groups is 2. The number of nitrogens with zero attached hydrogens (tertiary/aromatic N) is 1. The summed E-state index contributed by atoms with van der Waals surface area (Å²) in [4.78, 5) is 21.0. The number of esters is 1. The van der Waals surface area contributed by atoms with Gasteiger partial charge in [0, 0.05) is 19.1 Å². The summed E-state index contributed by atoms with van der Waals surface area (Å²) in [5.74, 6) is -2.17. The summed E-state index contributed by atoms with van der Waals surface area (Å²) in [6.07, 6.45) is -4.91. The van der Waals surface area contributed by atoms with E-state index >= 15 is 0 Å². The van der Waals surface area contributed by atoms with E-state index in [1.807, 2.05) is 36.4 Å². The minimum atomic E-state index is -4.85. The first-order valence-corrected chi connectivity index (χ1v) is 6.57. The lowest BCUT2D eigenvalue weighted by Crippen LogP contribution is -2.30. The summed E-state index contributed by atoms with van der Waals surface area (Å²) < 4.78 is 36.3. The lowest BCUT2D eigenvalue weighted by Gasteiger charge is -2.08. The Hall–Kier alpha value is -2.29. The molecule has 1 atom stereocenters. The van der Waals surface area contributed by atoms with Crippen LogP contribution in [0.1, 0.15) is 6.42 Å². The molecule has 1 saturated heterocycles. The number of ether oxygens (including phenoxy) is 1. The van der Waals surface area contributed by atoms with Crippen molar-refractivity contribution in [2.24, 2.45) is 5.73 Å². The first-order valence-electron chi connectivity index (χ1n) is 6.57. The maximum atomic E-state index is 11.0. The Morgan fingerprint density at radius 1 is 1.17 bits per heavy atom. The van der Waals surface area contributed by atoms with Crippen molar-refractivity contribution in [3.8, 4) is 0 Å². The van der Waals surface area contributed by atoms with Crippen LogP contribution in [0.5, 0.6) is 0 Å². The van der Waals surface area contributed by atoms with Gasteiger partial charge >= 0.3 is 18.2 Å². The highest BCUT2D eigenvalue weighted by Crippen LogP contribution is 2.15. The predicted octanol–water partition coefficient (Wildman–Crippen LogP) is 2.11. The van der Waals surface area contributed by atoms with Crippen molar-refractivity contribution in [1.29, 1.82) is 0 Å². The summed E-state index contributed by atoms with van der Waals surface area (Å²) in [6, 6.07) is 12.1. The number of carboxylic acid groups (broad SMARTS) is 1. The Morgan fingerprint density at radius 3 is 1.74 bits per heavy atom. The fourth-order valence-corrected chi connectivity index (χ4v) is 1.46. The third kappa shape index (κ3) is 10.1. The number of halogens is 3. The number of nitrogens with two attached hydrogens (primary N) is 1. The predicted molar refractivity (Wildman–Crippen MR) is 76.7 cm³/mol. The molecule has 1 aromatic rings. The molecule has 1 fully saturated rings. The molecule has 2 rings (SSSR count). The monoisotopic (exact) mass is 336 g/mol. The summed E-state index contributed by atoms with van der Waals surface area (Å²) in [5.41, 5.74) is 5.46. The highest BCUT2D eigenvalue weighted by atomic mass is 19.4. The number of benzene rings is 1. The molecule has 0 aliphatic carbocycles. The Bertz CT molecular complexity index is 442. The zero-order valence-electron chi connectivity index (χ0n) is 12.5. The summed E-state index contributed by atoms with van der Waals surface area (Å²) >= 11 is 0. The van der Waals surface area contributed by atoms with Crippen molar-refractivity contribution in [1.82, 2.24) is 4.90 Å². The molecule has 0 bridgehead atoms. The first kappa shape index (κ1) is 20.7. The lowest BCUT2D eigenvalue weighted by molar-refractivity contribution is -0.196.